The summed E-state index contributed by atoms with van der Waals surface area (Å²) in [7, 11) is 1.94. The molecule has 1 aromatic carbocycles. The van der Waals surface area contributed by atoms with E-state index in [1.165, 1.54) is 24.6 Å². The Bertz CT molecular complexity index is 1240. The van der Waals surface area contributed by atoms with Crippen molar-refractivity contribution in [2.24, 2.45) is 24.1 Å². The van der Waals surface area contributed by atoms with E-state index in [-0.39, 0.29) is 6.10 Å². The number of benzene rings is 1. The summed E-state index contributed by atoms with van der Waals surface area (Å²) in [5.74, 6) is 1.56. The molecule has 10 heteroatoms. The fraction of sp³-hybridized carbons (Fsp3) is 0.577. The number of nitrogens with two attached hydrogens (primary N) is 1. The highest BCUT2D eigenvalue weighted by molar-refractivity contribution is 7.99. The van der Waals surface area contributed by atoms with Gasteiger partial charge in [-0.1, -0.05) is 30.3 Å². The van der Waals surface area contributed by atoms with Crippen LogP contribution in [0.2, 0.25) is 5.02 Å². The number of anilines is 1. The number of piperidine rings is 1. The van der Waals surface area contributed by atoms with Gasteiger partial charge in [0, 0.05) is 37.5 Å². The molecule has 0 radical (unpaired) electrons. The zero-order valence-corrected chi connectivity index (χ0v) is 22.4. The van der Waals surface area contributed by atoms with Gasteiger partial charge in [0.15, 0.2) is 0 Å². The van der Waals surface area contributed by atoms with Crippen molar-refractivity contribution in [3.05, 3.63) is 29.5 Å². The van der Waals surface area contributed by atoms with Crippen LogP contribution in [0, 0.1) is 11.3 Å². The number of halogens is 1. The smallest absolute Gasteiger partial charge is 0.297 e. The molecule has 36 heavy (non-hydrogen) atoms. The van der Waals surface area contributed by atoms with Gasteiger partial charge in [-0.2, -0.15) is 4.98 Å². The molecule has 6 rings (SSSR count). The Labute approximate surface area is 220 Å². The van der Waals surface area contributed by atoms with Crippen molar-refractivity contribution in [1.29, 1.82) is 0 Å². The van der Waals surface area contributed by atoms with Gasteiger partial charge in [-0.15, -0.1) is 0 Å². The number of hydrogen-bond acceptors (Lipinski definition) is 8. The number of aromatic nitrogens is 4. The maximum atomic E-state index is 6.78. The highest BCUT2D eigenvalue weighted by Gasteiger charge is 2.46. The fourth-order valence-corrected chi connectivity index (χ4v) is 7.07. The number of fused-ring (bicyclic) bond motifs is 1. The van der Waals surface area contributed by atoms with Crippen LogP contribution in [0.1, 0.15) is 39.0 Å². The van der Waals surface area contributed by atoms with Crippen molar-refractivity contribution < 1.29 is 9.47 Å². The summed E-state index contributed by atoms with van der Waals surface area (Å²) in [6.07, 6.45) is 9.40. The van der Waals surface area contributed by atoms with Crippen LogP contribution in [0.3, 0.4) is 0 Å². The van der Waals surface area contributed by atoms with Gasteiger partial charge < -0.3 is 20.1 Å². The number of hydrogen-bond donors (Lipinski definition) is 1. The lowest BCUT2D eigenvalue weighted by Gasteiger charge is -2.43. The summed E-state index contributed by atoms with van der Waals surface area (Å²) in [6, 6.07) is 4.91. The number of aryl methyl sites for hydroxylation is 1. The molecule has 3 aliphatic rings. The molecule has 0 amide bonds. The summed E-state index contributed by atoms with van der Waals surface area (Å²) >= 11 is 8.28. The zero-order chi connectivity index (χ0) is 24.9. The van der Waals surface area contributed by atoms with Gasteiger partial charge in [-0.05, 0) is 49.1 Å². The predicted molar refractivity (Wildman–Crippen MR) is 142 cm³/mol. The molecule has 3 atom stereocenters. The first-order valence-electron chi connectivity index (χ1n) is 12.8. The first-order chi connectivity index (χ1) is 17.4. The second kappa shape index (κ2) is 9.67. The summed E-state index contributed by atoms with van der Waals surface area (Å²) in [5.41, 5.74) is 8.55. The van der Waals surface area contributed by atoms with Crippen LogP contribution < -0.4 is 15.4 Å². The number of ether oxygens (including phenoxy) is 2. The first-order valence-corrected chi connectivity index (χ1v) is 14.0. The molecule has 3 aromatic rings. The standard InChI is InChI=1S/C26H33ClN6O2S/c1-16-5-7-26(24(16)28)8-10-33(11-9-26)20-13-30-21(14-29-20)36-19-4-3-18-23(22(19)27)31-25(32(18)2)35-17-6-12-34-15-17/h3-4,13-14,16-17,24H,5-12,15,28H2,1-2H3/t16-,17?,24-/m1/s1. The molecule has 1 aliphatic carbocycles. The van der Waals surface area contributed by atoms with Crippen LogP contribution in [0.4, 0.5) is 5.82 Å². The van der Waals surface area contributed by atoms with E-state index in [9.17, 15) is 0 Å². The molecule has 2 aromatic heterocycles. The monoisotopic (exact) mass is 528 g/mol. The Morgan fingerprint density at radius 3 is 2.67 bits per heavy atom. The van der Waals surface area contributed by atoms with Gasteiger partial charge >= 0.3 is 0 Å². The molecule has 0 bridgehead atoms. The molecule has 3 fully saturated rings. The quantitative estimate of drug-likeness (QED) is 0.510. The van der Waals surface area contributed by atoms with Crippen molar-refractivity contribution in [2.75, 3.05) is 31.2 Å². The van der Waals surface area contributed by atoms with Crippen molar-refractivity contribution >= 4 is 40.2 Å². The number of rotatable bonds is 5. The van der Waals surface area contributed by atoms with Crippen molar-refractivity contribution in [2.45, 2.75) is 61.1 Å². The average Bonchev–Trinajstić information content (AvgIpc) is 3.59. The Balaban J connectivity index is 1.14. The fourth-order valence-electron chi connectivity index (χ4n) is 5.99. The van der Waals surface area contributed by atoms with Gasteiger partial charge in [0.05, 0.1) is 36.1 Å². The minimum atomic E-state index is 0.0332. The summed E-state index contributed by atoms with van der Waals surface area (Å²) < 4.78 is 13.4. The summed E-state index contributed by atoms with van der Waals surface area (Å²) in [4.78, 5) is 17.3. The third-order valence-corrected chi connectivity index (χ3v) is 9.88. The second-order valence-corrected chi connectivity index (χ2v) is 11.9. The van der Waals surface area contributed by atoms with Crippen molar-refractivity contribution in [1.82, 2.24) is 19.5 Å². The molecule has 2 N–H and O–H groups in total. The first kappa shape index (κ1) is 24.3. The number of nitrogens with zero attached hydrogens (tertiary/aromatic N) is 5. The molecule has 192 valence electrons. The van der Waals surface area contributed by atoms with Gasteiger partial charge in [-0.3, -0.25) is 4.57 Å². The lowest BCUT2D eigenvalue weighted by molar-refractivity contribution is 0.132. The minimum absolute atomic E-state index is 0.0332. The molecule has 1 spiro atoms. The van der Waals surface area contributed by atoms with Gasteiger partial charge in [0.2, 0.25) is 0 Å². The zero-order valence-electron chi connectivity index (χ0n) is 20.8. The minimum Gasteiger partial charge on any atom is -0.459 e. The second-order valence-electron chi connectivity index (χ2n) is 10.5. The van der Waals surface area contributed by atoms with E-state index in [1.54, 1.807) is 0 Å². The van der Waals surface area contributed by atoms with Crippen LogP contribution in [-0.2, 0) is 11.8 Å². The largest absolute Gasteiger partial charge is 0.459 e. The van der Waals surface area contributed by atoms with E-state index in [4.69, 9.17) is 31.8 Å². The van der Waals surface area contributed by atoms with Gasteiger partial charge in [0.1, 0.15) is 22.5 Å². The van der Waals surface area contributed by atoms with E-state index in [0.717, 1.165) is 65.7 Å². The molecule has 2 aliphatic heterocycles. The molecule has 1 saturated carbocycles. The summed E-state index contributed by atoms with van der Waals surface area (Å²) in [6.45, 7) is 5.59. The highest BCUT2D eigenvalue weighted by Crippen LogP contribution is 2.48. The lowest BCUT2D eigenvalue weighted by atomic mass is 9.73. The Kier molecular flexibility index (Phi) is 6.52. The Morgan fingerprint density at radius 1 is 1.17 bits per heavy atom. The van der Waals surface area contributed by atoms with Crippen LogP contribution in [0.15, 0.2) is 34.4 Å². The third-order valence-electron chi connectivity index (χ3n) is 8.41. The lowest BCUT2D eigenvalue weighted by Crippen LogP contribution is -2.48. The highest BCUT2D eigenvalue weighted by atomic mass is 35.5. The van der Waals surface area contributed by atoms with Crippen LogP contribution in [0.25, 0.3) is 11.0 Å². The van der Waals surface area contributed by atoms with E-state index in [1.807, 2.05) is 36.1 Å². The van der Waals surface area contributed by atoms with E-state index < -0.39 is 0 Å². The van der Waals surface area contributed by atoms with Crippen LogP contribution in [-0.4, -0.2) is 58.0 Å². The summed E-state index contributed by atoms with van der Waals surface area (Å²) in [5, 5.41) is 1.40. The van der Waals surface area contributed by atoms with Crippen LogP contribution in [0.5, 0.6) is 6.01 Å². The third kappa shape index (κ3) is 4.34. The van der Waals surface area contributed by atoms with Gasteiger partial charge in [0.25, 0.3) is 6.01 Å². The topological polar surface area (TPSA) is 91.3 Å². The maximum Gasteiger partial charge on any atom is 0.297 e. The Morgan fingerprint density at radius 2 is 2.00 bits per heavy atom. The SMILES string of the molecule is C[C@@H]1CCC2(CCN(c3cnc(Sc4ccc5c(nc(OC6CCOC6)n5C)c4Cl)cn3)CC2)[C@@H]1N. The van der Waals surface area contributed by atoms with Crippen LogP contribution >= 0.6 is 23.4 Å². The van der Waals surface area contributed by atoms with Crippen molar-refractivity contribution in [3.63, 3.8) is 0 Å². The van der Waals surface area contributed by atoms with Gasteiger partial charge in [-0.25, -0.2) is 9.97 Å². The maximum absolute atomic E-state index is 6.78. The van der Waals surface area contributed by atoms with Crippen molar-refractivity contribution in [3.8, 4) is 6.01 Å². The molecule has 1 unspecified atom stereocenters. The Hall–Kier alpha value is -2.07. The average molecular weight is 529 g/mol. The molecule has 8 nitrogen and oxygen atoms in total. The predicted octanol–water partition coefficient (Wildman–Crippen LogP) is 4.68. The molecular formula is C26H33ClN6O2S. The van der Waals surface area contributed by atoms with E-state index in [0.29, 0.717) is 35.0 Å². The van der Waals surface area contributed by atoms with E-state index >= 15 is 0 Å². The normalized spacial score (nSPS) is 25.8. The number of imidazole rings is 1. The molecule has 4 heterocycles. The molecular weight excluding hydrogens is 496 g/mol. The van der Waals surface area contributed by atoms with E-state index in [2.05, 4.69) is 21.8 Å². The molecule has 2 saturated heterocycles.